The van der Waals surface area contributed by atoms with Crippen LogP contribution in [0.3, 0.4) is 0 Å². The number of carbonyl (C=O) groups excluding carboxylic acids is 1. The number of aryl methyl sites for hydroxylation is 2. The molecule has 11 nitrogen and oxygen atoms in total. The van der Waals surface area contributed by atoms with Crippen LogP contribution in [0.4, 0.5) is 5.69 Å². The molecule has 0 bridgehead atoms. The summed E-state index contributed by atoms with van der Waals surface area (Å²) in [6.45, 7) is 6.55. The van der Waals surface area contributed by atoms with Gasteiger partial charge in [0.2, 0.25) is 0 Å². The van der Waals surface area contributed by atoms with Crippen molar-refractivity contribution in [3.05, 3.63) is 57.4 Å². The second-order valence-electron chi connectivity index (χ2n) is 6.48. The Bertz CT molecular complexity index is 1020. The lowest BCUT2D eigenvalue weighted by molar-refractivity contribution is -0.386. The Balaban J connectivity index is 1.70. The molecular formula is C17H22N8O3. The molecule has 0 aliphatic heterocycles. The van der Waals surface area contributed by atoms with Crippen molar-refractivity contribution in [2.24, 2.45) is 0 Å². The predicted molar refractivity (Wildman–Crippen MR) is 99.7 cm³/mol. The minimum atomic E-state index is -0.443. The van der Waals surface area contributed by atoms with E-state index in [0.717, 1.165) is 12.2 Å². The number of amides is 1. The fourth-order valence-corrected chi connectivity index (χ4v) is 2.96. The van der Waals surface area contributed by atoms with Gasteiger partial charge >= 0.3 is 5.69 Å². The topological polar surface area (TPSA) is 117 Å². The molecule has 0 saturated heterocycles. The number of hydrogen-bond donors (Lipinski definition) is 0. The molecule has 0 saturated carbocycles. The molecule has 0 aliphatic carbocycles. The minimum absolute atomic E-state index is 0.00490. The van der Waals surface area contributed by atoms with Crippen molar-refractivity contribution in [2.75, 3.05) is 7.05 Å². The normalized spacial score (nSPS) is 11.0. The van der Waals surface area contributed by atoms with Crippen LogP contribution in [0.25, 0.3) is 0 Å². The summed E-state index contributed by atoms with van der Waals surface area (Å²) in [5.74, 6) is -0.232. The van der Waals surface area contributed by atoms with Crippen LogP contribution in [0.2, 0.25) is 0 Å². The Morgan fingerprint density at radius 1 is 1.18 bits per heavy atom. The summed E-state index contributed by atoms with van der Waals surface area (Å²) in [4.78, 5) is 24.8. The molecule has 0 fully saturated rings. The molecule has 3 aromatic rings. The Morgan fingerprint density at radius 2 is 1.89 bits per heavy atom. The van der Waals surface area contributed by atoms with Gasteiger partial charge in [-0.1, -0.05) is 0 Å². The molecule has 0 aliphatic rings. The first kappa shape index (κ1) is 19.3. The summed E-state index contributed by atoms with van der Waals surface area (Å²) in [5, 5.41) is 24.0. The maximum atomic E-state index is 12.6. The van der Waals surface area contributed by atoms with Crippen molar-refractivity contribution in [1.29, 1.82) is 0 Å². The second-order valence-corrected chi connectivity index (χ2v) is 6.48. The first-order valence-electron chi connectivity index (χ1n) is 8.79. The van der Waals surface area contributed by atoms with Gasteiger partial charge in [-0.05, 0) is 32.9 Å². The predicted octanol–water partition coefficient (Wildman–Crippen LogP) is 1.60. The van der Waals surface area contributed by atoms with Gasteiger partial charge in [-0.15, -0.1) is 0 Å². The number of nitrogens with zero attached hydrogens (tertiary/aromatic N) is 8. The standard InChI is InChI=1S/C17H22N8O3/c1-5-22-8-6-14(19-22)10-21(4)17(26)15-7-9-23(20-15)11-24-13(3)16(25(27)28)12(2)18-24/h6-9H,5,10-11H2,1-4H3. The van der Waals surface area contributed by atoms with E-state index in [9.17, 15) is 14.9 Å². The highest BCUT2D eigenvalue weighted by atomic mass is 16.6. The summed E-state index contributed by atoms with van der Waals surface area (Å²) >= 11 is 0. The van der Waals surface area contributed by atoms with Crippen LogP contribution in [0.1, 0.15) is 34.5 Å². The summed E-state index contributed by atoms with van der Waals surface area (Å²) in [7, 11) is 1.69. The van der Waals surface area contributed by atoms with Crippen molar-refractivity contribution < 1.29 is 9.72 Å². The minimum Gasteiger partial charge on any atom is -0.334 e. The number of hydrogen-bond acceptors (Lipinski definition) is 6. The summed E-state index contributed by atoms with van der Waals surface area (Å²) in [6, 6.07) is 3.49. The van der Waals surface area contributed by atoms with E-state index >= 15 is 0 Å². The van der Waals surface area contributed by atoms with Crippen molar-refractivity contribution in [2.45, 2.75) is 40.5 Å². The zero-order valence-corrected chi connectivity index (χ0v) is 16.2. The highest BCUT2D eigenvalue weighted by molar-refractivity contribution is 5.91. The highest BCUT2D eigenvalue weighted by Gasteiger charge is 2.22. The van der Waals surface area contributed by atoms with Gasteiger partial charge < -0.3 is 4.90 Å². The van der Waals surface area contributed by atoms with Crippen LogP contribution in [0.15, 0.2) is 24.5 Å². The maximum Gasteiger partial charge on any atom is 0.312 e. The van der Waals surface area contributed by atoms with Crippen LogP contribution >= 0.6 is 0 Å². The third-order valence-electron chi connectivity index (χ3n) is 4.43. The Morgan fingerprint density at radius 3 is 2.50 bits per heavy atom. The van der Waals surface area contributed by atoms with Gasteiger partial charge in [0.15, 0.2) is 0 Å². The number of rotatable bonds is 7. The van der Waals surface area contributed by atoms with E-state index in [0.29, 0.717) is 17.9 Å². The molecule has 0 atom stereocenters. The van der Waals surface area contributed by atoms with Crippen molar-refractivity contribution >= 4 is 11.6 Å². The van der Waals surface area contributed by atoms with E-state index in [4.69, 9.17) is 0 Å². The zero-order valence-electron chi connectivity index (χ0n) is 16.2. The van der Waals surface area contributed by atoms with Crippen LogP contribution in [-0.4, -0.2) is 52.1 Å². The summed E-state index contributed by atoms with van der Waals surface area (Å²) in [6.07, 6.45) is 3.52. The van der Waals surface area contributed by atoms with E-state index in [1.54, 1.807) is 42.7 Å². The molecule has 28 heavy (non-hydrogen) atoms. The first-order valence-corrected chi connectivity index (χ1v) is 8.79. The Kier molecular flexibility index (Phi) is 5.25. The van der Waals surface area contributed by atoms with Gasteiger partial charge in [0.1, 0.15) is 23.8 Å². The second kappa shape index (κ2) is 7.62. The molecule has 0 N–H and O–H groups in total. The van der Waals surface area contributed by atoms with E-state index in [1.165, 1.54) is 9.36 Å². The van der Waals surface area contributed by atoms with Gasteiger partial charge in [-0.25, -0.2) is 4.68 Å². The first-order chi connectivity index (χ1) is 13.3. The number of nitro groups is 1. The monoisotopic (exact) mass is 386 g/mol. The van der Waals surface area contributed by atoms with Crippen molar-refractivity contribution in [1.82, 2.24) is 34.2 Å². The van der Waals surface area contributed by atoms with E-state index in [1.807, 2.05) is 19.2 Å². The molecule has 0 radical (unpaired) electrons. The molecule has 3 rings (SSSR count). The average molecular weight is 386 g/mol. The zero-order chi connectivity index (χ0) is 20.4. The van der Waals surface area contributed by atoms with Crippen molar-refractivity contribution in [3.8, 4) is 0 Å². The molecular weight excluding hydrogens is 364 g/mol. The van der Waals surface area contributed by atoms with E-state index < -0.39 is 4.92 Å². The maximum absolute atomic E-state index is 12.6. The number of carbonyl (C=O) groups is 1. The largest absolute Gasteiger partial charge is 0.334 e. The summed E-state index contributed by atoms with van der Waals surface area (Å²) in [5.41, 5.74) is 1.86. The van der Waals surface area contributed by atoms with Gasteiger partial charge in [-0.2, -0.15) is 15.3 Å². The van der Waals surface area contributed by atoms with Crippen LogP contribution < -0.4 is 0 Å². The lowest BCUT2D eigenvalue weighted by Crippen LogP contribution is -2.27. The summed E-state index contributed by atoms with van der Waals surface area (Å²) < 4.78 is 4.82. The molecule has 11 heteroatoms. The van der Waals surface area contributed by atoms with Gasteiger partial charge in [0.05, 0.1) is 17.2 Å². The van der Waals surface area contributed by atoms with E-state index in [2.05, 4.69) is 15.3 Å². The smallest absolute Gasteiger partial charge is 0.312 e. The molecule has 148 valence electrons. The fourth-order valence-electron chi connectivity index (χ4n) is 2.96. The molecule has 0 aromatic carbocycles. The molecule has 1 amide bonds. The van der Waals surface area contributed by atoms with Crippen LogP contribution in [0, 0.1) is 24.0 Å². The van der Waals surface area contributed by atoms with Gasteiger partial charge in [0, 0.05) is 26.0 Å². The van der Waals surface area contributed by atoms with Crippen LogP contribution in [-0.2, 0) is 19.8 Å². The van der Waals surface area contributed by atoms with Crippen molar-refractivity contribution in [3.63, 3.8) is 0 Å². The lowest BCUT2D eigenvalue weighted by Gasteiger charge is -2.14. The van der Waals surface area contributed by atoms with E-state index in [-0.39, 0.29) is 24.0 Å². The van der Waals surface area contributed by atoms with Gasteiger partial charge in [0.25, 0.3) is 5.91 Å². The molecule has 0 unspecified atom stereocenters. The highest BCUT2D eigenvalue weighted by Crippen LogP contribution is 2.21. The lowest BCUT2D eigenvalue weighted by atomic mass is 10.3. The Hall–Kier alpha value is -3.50. The third kappa shape index (κ3) is 3.77. The average Bonchev–Trinajstić information content (AvgIpc) is 3.34. The molecule has 3 heterocycles. The number of aromatic nitrogens is 6. The fraction of sp³-hybridized carbons (Fsp3) is 0.412. The Labute approximate surface area is 161 Å². The quantitative estimate of drug-likeness (QED) is 0.450. The van der Waals surface area contributed by atoms with Gasteiger partial charge in [-0.3, -0.25) is 24.3 Å². The molecule has 3 aromatic heterocycles. The molecule has 0 spiro atoms. The SMILES string of the molecule is CCn1ccc(CN(C)C(=O)c2ccn(Cn3nc(C)c([N+](=O)[O-])c3C)n2)n1. The third-order valence-corrected chi connectivity index (χ3v) is 4.43. The van der Waals surface area contributed by atoms with Crippen LogP contribution in [0.5, 0.6) is 0 Å².